The third-order valence-electron chi connectivity index (χ3n) is 3.04. The first-order valence-electron chi connectivity index (χ1n) is 6.44. The van der Waals surface area contributed by atoms with Gasteiger partial charge in [-0.25, -0.2) is 13.8 Å². The van der Waals surface area contributed by atoms with Crippen molar-refractivity contribution in [2.24, 2.45) is 0 Å². The van der Waals surface area contributed by atoms with E-state index >= 15 is 0 Å². The van der Waals surface area contributed by atoms with Crippen LogP contribution in [0, 0.1) is 11.6 Å². The first kappa shape index (κ1) is 15.6. The number of thiazole rings is 1. The highest BCUT2D eigenvalue weighted by molar-refractivity contribution is 7.13. The molecule has 3 nitrogen and oxygen atoms in total. The lowest BCUT2D eigenvalue weighted by molar-refractivity contribution is -0.148. The molecule has 0 N–H and O–H groups in total. The monoisotopic (exact) mass is 311 g/mol. The molecule has 1 aromatic heterocycles. The molecule has 0 radical (unpaired) electrons. The minimum absolute atomic E-state index is 0.286. The Kier molecular flexibility index (Phi) is 4.37. The van der Waals surface area contributed by atoms with E-state index in [-0.39, 0.29) is 12.6 Å². The van der Waals surface area contributed by atoms with E-state index in [9.17, 15) is 13.6 Å². The minimum Gasteiger partial charge on any atom is -0.465 e. The van der Waals surface area contributed by atoms with Crippen LogP contribution in [0.3, 0.4) is 0 Å². The van der Waals surface area contributed by atoms with Gasteiger partial charge in [0.1, 0.15) is 22.1 Å². The molecule has 0 atom stereocenters. The maximum Gasteiger partial charge on any atom is 0.317 e. The summed E-state index contributed by atoms with van der Waals surface area (Å²) in [7, 11) is 0. The number of hydrogen-bond acceptors (Lipinski definition) is 4. The summed E-state index contributed by atoms with van der Waals surface area (Å²) in [5.41, 5.74) is -0.0367. The van der Waals surface area contributed by atoms with Crippen LogP contribution in [0.1, 0.15) is 26.5 Å². The zero-order chi connectivity index (χ0) is 15.6. The normalized spacial score (nSPS) is 11.5. The summed E-state index contributed by atoms with van der Waals surface area (Å²) < 4.78 is 31.5. The molecule has 1 aromatic carbocycles. The van der Waals surface area contributed by atoms with E-state index in [1.54, 1.807) is 26.2 Å². The van der Waals surface area contributed by atoms with Crippen LogP contribution in [-0.2, 0) is 14.9 Å². The maximum atomic E-state index is 13.2. The first-order valence-corrected chi connectivity index (χ1v) is 7.32. The Morgan fingerprint density at radius 1 is 1.29 bits per heavy atom. The molecule has 2 aromatic rings. The van der Waals surface area contributed by atoms with Crippen LogP contribution >= 0.6 is 11.3 Å². The Morgan fingerprint density at radius 3 is 2.48 bits per heavy atom. The van der Waals surface area contributed by atoms with E-state index in [2.05, 4.69) is 4.98 Å². The van der Waals surface area contributed by atoms with Crippen molar-refractivity contribution < 1.29 is 18.3 Å². The summed E-state index contributed by atoms with van der Waals surface area (Å²) in [5.74, 6) is -1.70. The number of ether oxygens (including phenoxy) is 1. The molecule has 0 bridgehead atoms. The lowest BCUT2D eigenvalue weighted by Gasteiger charge is -2.19. The molecule has 0 spiro atoms. The fourth-order valence-electron chi connectivity index (χ4n) is 1.79. The van der Waals surface area contributed by atoms with Gasteiger partial charge >= 0.3 is 5.97 Å². The van der Waals surface area contributed by atoms with Crippen LogP contribution in [0.2, 0.25) is 0 Å². The molecule has 0 aliphatic heterocycles. The number of rotatable bonds is 4. The second-order valence-electron chi connectivity index (χ2n) is 5.04. The second kappa shape index (κ2) is 5.89. The Morgan fingerprint density at radius 2 is 1.90 bits per heavy atom. The molecular weight excluding hydrogens is 296 g/mol. The van der Waals surface area contributed by atoms with Crippen molar-refractivity contribution in [1.82, 2.24) is 4.98 Å². The molecule has 1 heterocycles. The predicted molar refractivity (Wildman–Crippen MR) is 77.1 cm³/mol. The maximum absolute atomic E-state index is 13.2. The molecule has 6 heteroatoms. The Hall–Kier alpha value is -1.82. The fourth-order valence-corrected chi connectivity index (χ4v) is 2.76. The molecule has 0 saturated heterocycles. The Bertz CT molecular complexity index is 647. The molecule has 0 amide bonds. The van der Waals surface area contributed by atoms with Gasteiger partial charge < -0.3 is 4.74 Å². The van der Waals surface area contributed by atoms with Gasteiger partial charge in [0.05, 0.1) is 12.3 Å². The van der Waals surface area contributed by atoms with E-state index in [0.717, 1.165) is 6.07 Å². The average molecular weight is 311 g/mol. The molecule has 0 aliphatic rings. The van der Waals surface area contributed by atoms with E-state index in [0.29, 0.717) is 16.3 Å². The zero-order valence-corrected chi connectivity index (χ0v) is 12.8. The summed E-state index contributed by atoms with van der Waals surface area (Å²) in [5, 5.41) is 2.16. The van der Waals surface area contributed by atoms with E-state index in [1.165, 1.54) is 23.5 Å². The molecule has 0 unspecified atom stereocenters. The van der Waals surface area contributed by atoms with Gasteiger partial charge in [0.15, 0.2) is 0 Å². The van der Waals surface area contributed by atoms with Crippen LogP contribution in [-0.4, -0.2) is 17.6 Å². The van der Waals surface area contributed by atoms with Crippen molar-refractivity contribution in [2.45, 2.75) is 26.2 Å². The first-order chi connectivity index (χ1) is 9.84. The van der Waals surface area contributed by atoms with Gasteiger partial charge in [0, 0.05) is 17.0 Å². The van der Waals surface area contributed by atoms with Gasteiger partial charge in [-0.3, -0.25) is 4.79 Å². The number of esters is 1. The van der Waals surface area contributed by atoms with Crippen LogP contribution in [0.25, 0.3) is 10.6 Å². The Balaban J connectivity index is 2.35. The van der Waals surface area contributed by atoms with Crippen molar-refractivity contribution in [3.05, 3.63) is 40.9 Å². The quantitative estimate of drug-likeness (QED) is 0.803. The minimum atomic E-state index is -0.906. The van der Waals surface area contributed by atoms with Crippen LogP contribution in [0.15, 0.2) is 23.6 Å². The van der Waals surface area contributed by atoms with Gasteiger partial charge in [0.25, 0.3) is 0 Å². The molecular formula is C15H15F2NO2S. The van der Waals surface area contributed by atoms with Crippen molar-refractivity contribution >= 4 is 17.3 Å². The van der Waals surface area contributed by atoms with Crippen molar-refractivity contribution in [2.75, 3.05) is 6.61 Å². The van der Waals surface area contributed by atoms with Crippen LogP contribution in [0.5, 0.6) is 0 Å². The topological polar surface area (TPSA) is 39.2 Å². The highest BCUT2D eigenvalue weighted by Crippen LogP contribution is 2.31. The number of carbonyl (C=O) groups is 1. The van der Waals surface area contributed by atoms with Crippen LogP contribution in [0.4, 0.5) is 8.78 Å². The summed E-state index contributed by atoms with van der Waals surface area (Å²) >= 11 is 1.23. The van der Waals surface area contributed by atoms with Gasteiger partial charge in [0.2, 0.25) is 0 Å². The highest BCUT2D eigenvalue weighted by atomic mass is 32.1. The van der Waals surface area contributed by atoms with E-state index < -0.39 is 17.0 Å². The zero-order valence-electron chi connectivity index (χ0n) is 11.9. The predicted octanol–water partition coefficient (Wildman–Crippen LogP) is 3.93. The number of halogens is 2. The van der Waals surface area contributed by atoms with Crippen molar-refractivity contribution in [3.63, 3.8) is 0 Å². The fraction of sp³-hybridized carbons (Fsp3) is 0.333. The lowest BCUT2D eigenvalue weighted by Crippen LogP contribution is -2.31. The number of carbonyl (C=O) groups excluding carboxylic acids is 1. The second-order valence-corrected chi connectivity index (χ2v) is 5.90. The summed E-state index contributed by atoms with van der Waals surface area (Å²) in [6.45, 7) is 5.43. The summed E-state index contributed by atoms with van der Waals surface area (Å²) in [6.07, 6.45) is 0. The molecule has 112 valence electrons. The lowest BCUT2D eigenvalue weighted by atomic mass is 9.90. The smallest absolute Gasteiger partial charge is 0.317 e. The van der Waals surface area contributed by atoms with Crippen molar-refractivity contribution in [3.8, 4) is 10.6 Å². The molecule has 0 saturated carbocycles. The Labute approximate surface area is 125 Å². The van der Waals surface area contributed by atoms with E-state index in [1.807, 2.05) is 0 Å². The number of hydrogen-bond donors (Lipinski definition) is 0. The largest absolute Gasteiger partial charge is 0.465 e. The SMILES string of the molecule is CCOC(=O)C(C)(C)c1csc(-c2cc(F)cc(F)c2)n1. The standard InChI is InChI=1S/C15H15F2NO2S/c1-4-20-14(19)15(2,3)12-8-21-13(18-12)9-5-10(16)7-11(17)6-9/h5-8H,4H2,1-3H3. The molecule has 0 fully saturated rings. The summed E-state index contributed by atoms with van der Waals surface area (Å²) in [6, 6.07) is 3.23. The number of nitrogens with zero attached hydrogens (tertiary/aromatic N) is 1. The van der Waals surface area contributed by atoms with Gasteiger partial charge in [-0.2, -0.15) is 0 Å². The third kappa shape index (κ3) is 3.26. The molecule has 21 heavy (non-hydrogen) atoms. The molecule has 2 rings (SSSR count). The van der Waals surface area contributed by atoms with E-state index in [4.69, 9.17) is 4.74 Å². The highest BCUT2D eigenvalue weighted by Gasteiger charge is 2.34. The summed E-state index contributed by atoms with van der Waals surface area (Å²) in [4.78, 5) is 16.3. The molecule has 0 aliphatic carbocycles. The third-order valence-corrected chi connectivity index (χ3v) is 3.93. The van der Waals surface area contributed by atoms with Crippen molar-refractivity contribution in [1.29, 1.82) is 0 Å². The van der Waals surface area contributed by atoms with Gasteiger partial charge in [-0.05, 0) is 32.9 Å². The number of benzene rings is 1. The van der Waals surface area contributed by atoms with Gasteiger partial charge in [-0.15, -0.1) is 11.3 Å². The van der Waals surface area contributed by atoms with Gasteiger partial charge in [-0.1, -0.05) is 0 Å². The number of aromatic nitrogens is 1. The average Bonchev–Trinajstić information content (AvgIpc) is 2.88. The van der Waals surface area contributed by atoms with Crippen LogP contribution < -0.4 is 0 Å².